The lowest BCUT2D eigenvalue weighted by Crippen LogP contribution is -2.22. The molecule has 0 amide bonds. The van der Waals surface area contributed by atoms with Crippen LogP contribution in [0.15, 0.2) is 18.2 Å². The van der Waals surface area contributed by atoms with E-state index in [0.29, 0.717) is 16.6 Å². The van der Waals surface area contributed by atoms with Crippen molar-refractivity contribution in [3.8, 4) is 0 Å². The fourth-order valence-electron chi connectivity index (χ4n) is 1.52. The van der Waals surface area contributed by atoms with E-state index < -0.39 is 0 Å². The van der Waals surface area contributed by atoms with Gasteiger partial charge in [0.05, 0.1) is 10.0 Å². The molecule has 2 N–H and O–H groups in total. The highest BCUT2D eigenvalue weighted by molar-refractivity contribution is 6.42. The number of hydrogen-bond acceptors (Lipinski definition) is 1. The van der Waals surface area contributed by atoms with E-state index in [1.54, 1.807) is 6.07 Å². The van der Waals surface area contributed by atoms with Gasteiger partial charge in [0.15, 0.2) is 0 Å². The van der Waals surface area contributed by atoms with E-state index >= 15 is 0 Å². The monoisotopic (exact) mass is 231 g/mol. The number of halogens is 2. The topological polar surface area (TPSA) is 26.0 Å². The van der Waals surface area contributed by atoms with Crippen molar-refractivity contribution in [1.82, 2.24) is 0 Å². The van der Waals surface area contributed by atoms with Crippen LogP contribution in [0.4, 0.5) is 0 Å². The van der Waals surface area contributed by atoms with Crippen LogP contribution in [0.25, 0.3) is 0 Å². The Balaban J connectivity index is 3.12. The summed E-state index contributed by atoms with van der Waals surface area (Å²) in [4.78, 5) is 0. The molecule has 78 valence electrons. The van der Waals surface area contributed by atoms with E-state index in [2.05, 4.69) is 13.8 Å². The predicted octanol–water partition coefficient (Wildman–Crippen LogP) is 3.62. The smallest absolute Gasteiger partial charge is 0.0629 e. The zero-order valence-electron chi connectivity index (χ0n) is 8.48. The average molecular weight is 232 g/mol. The van der Waals surface area contributed by atoms with Crippen molar-refractivity contribution < 1.29 is 0 Å². The highest BCUT2D eigenvalue weighted by atomic mass is 35.5. The van der Waals surface area contributed by atoms with Crippen LogP contribution in [0.5, 0.6) is 0 Å². The molecule has 14 heavy (non-hydrogen) atoms. The standard InChI is InChI=1S/C11H15Cl2N/c1-11(2,6-7-14)8-4-3-5-9(12)10(8)13/h3-5H,6-7,14H2,1-2H3. The summed E-state index contributed by atoms with van der Waals surface area (Å²) in [5, 5.41) is 1.25. The maximum absolute atomic E-state index is 6.14. The largest absolute Gasteiger partial charge is 0.330 e. The van der Waals surface area contributed by atoms with E-state index in [1.807, 2.05) is 12.1 Å². The van der Waals surface area contributed by atoms with Gasteiger partial charge in [0.2, 0.25) is 0 Å². The maximum Gasteiger partial charge on any atom is 0.0629 e. The Bertz CT molecular complexity index is 321. The summed E-state index contributed by atoms with van der Waals surface area (Å²) in [6, 6.07) is 5.72. The van der Waals surface area contributed by atoms with E-state index in [9.17, 15) is 0 Å². The normalized spacial score (nSPS) is 11.8. The fraction of sp³-hybridized carbons (Fsp3) is 0.455. The Morgan fingerprint density at radius 2 is 1.93 bits per heavy atom. The van der Waals surface area contributed by atoms with Crippen LogP contribution < -0.4 is 5.73 Å². The summed E-state index contributed by atoms with van der Waals surface area (Å²) in [6.07, 6.45) is 0.896. The maximum atomic E-state index is 6.14. The lowest BCUT2D eigenvalue weighted by atomic mass is 9.81. The Morgan fingerprint density at radius 1 is 1.29 bits per heavy atom. The minimum Gasteiger partial charge on any atom is -0.330 e. The van der Waals surface area contributed by atoms with E-state index in [0.717, 1.165) is 12.0 Å². The Hall–Kier alpha value is -0.240. The first kappa shape index (κ1) is 11.8. The lowest BCUT2D eigenvalue weighted by molar-refractivity contribution is 0.488. The van der Waals surface area contributed by atoms with E-state index in [1.165, 1.54) is 0 Å². The molecule has 1 aromatic rings. The third kappa shape index (κ3) is 2.41. The van der Waals surface area contributed by atoms with Gasteiger partial charge in [-0.2, -0.15) is 0 Å². The molecule has 1 rings (SSSR count). The molecule has 0 unspecified atom stereocenters. The molecule has 3 heteroatoms. The molecule has 0 aliphatic rings. The Kier molecular flexibility index (Phi) is 3.82. The first-order valence-electron chi connectivity index (χ1n) is 4.63. The van der Waals surface area contributed by atoms with Gasteiger partial charge in [0.1, 0.15) is 0 Å². The van der Waals surface area contributed by atoms with Crippen LogP contribution in [-0.2, 0) is 5.41 Å². The van der Waals surface area contributed by atoms with Gasteiger partial charge < -0.3 is 5.73 Å². The molecule has 0 bridgehead atoms. The molecule has 0 aliphatic carbocycles. The van der Waals surface area contributed by atoms with Crippen LogP contribution >= 0.6 is 23.2 Å². The lowest BCUT2D eigenvalue weighted by Gasteiger charge is -2.26. The molecule has 0 spiro atoms. The summed E-state index contributed by atoms with van der Waals surface area (Å²) in [7, 11) is 0. The van der Waals surface area contributed by atoms with Gasteiger partial charge in [-0.05, 0) is 30.0 Å². The van der Waals surface area contributed by atoms with E-state index in [-0.39, 0.29) is 5.41 Å². The van der Waals surface area contributed by atoms with Crippen molar-refractivity contribution in [1.29, 1.82) is 0 Å². The number of benzene rings is 1. The number of hydrogen-bond donors (Lipinski definition) is 1. The van der Waals surface area contributed by atoms with Gasteiger partial charge in [0, 0.05) is 0 Å². The molecule has 0 atom stereocenters. The van der Waals surface area contributed by atoms with Crippen LogP contribution in [0.3, 0.4) is 0 Å². The van der Waals surface area contributed by atoms with Crippen molar-refractivity contribution >= 4 is 23.2 Å². The van der Waals surface area contributed by atoms with Crippen molar-refractivity contribution in [2.45, 2.75) is 25.7 Å². The highest BCUT2D eigenvalue weighted by Crippen LogP contribution is 2.35. The second-order valence-electron chi connectivity index (χ2n) is 4.02. The zero-order chi connectivity index (χ0) is 10.8. The van der Waals surface area contributed by atoms with Crippen LogP contribution in [0, 0.1) is 0 Å². The summed E-state index contributed by atoms with van der Waals surface area (Å²) < 4.78 is 0. The minimum absolute atomic E-state index is 0.0171. The quantitative estimate of drug-likeness (QED) is 0.846. The van der Waals surface area contributed by atoms with Gasteiger partial charge >= 0.3 is 0 Å². The second-order valence-corrected chi connectivity index (χ2v) is 4.81. The molecule has 0 saturated carbocycles. The van der Waals surface area contributed by atoms with Crippen LogP contribution in [0.2, 0.25) is 10.0 Å². The SMILES string of the molecule is CC(C)(CCN)c1cccc(Cl)c1Cl. The third-order valence-electron chi connectivity index (χ3n) is 2.45. The predicted molar refractivity (Wildman–Crippen MR) is 63.2 cm³/mol. The van der Waals surface area contributed by atoms with Gasteiger partial charge in [-0.1, -0.05) is 49.2 Å². The Morgan fingerprint density at radius 3 is 2.50 bits per heavy atom. The van der Waals surface area contributed by atoms with Gasteiger partial charge in [-0.3, -0.25) is 0 Å². The van der Waals surface area contributed by atoms with Crippen molar-refractivity contribution in [2.75, 3.05) is 6.54 Å². The molecular formula is C11H15Cl2N. The summed E-state index contributed by atoms with van der Waals surface area (Å²) in [6.45, 7) is 4.89. The molecule has 0 fully saturated rings. The van der Waals surface area contributed by atoms with Gasteiger partial charge in [-0.25, -0.2) is 0 Å². The first-order chi connectivity index (χ1) is 6.49. The van der Waals surface area contributed by atoms with E-state index in [4.69, 9.17) is 28.9 Å². The molecular weight excluding hydrogens is 217 g/mol. The molecule has 0 heterocycles. The molecule has 0 saturated heterocycles. The van der Waals surface area contributed by atoms with Crippen molar-refractivity contribution in [3.63, 3.8) is 0 Å². The van der Waals surface area contributed by atoms with Crippen molar-refractivity contribution in [2.24, 2.45) is 5.73 Å². The molecule has 0 radical (unpaired) electrons. The average Bonchev–Trinajstić information content (AvgIpc) is 2.09. The summed E-state index contributed by atoms with van der Waals surface area (Å²) >= 11 is 12.1. The minimum atomic E-state index is -0.0171. The summed E-state index contributed by atoms with van der Waals surface area (Å²) in [5.74, 6) is 0. The molecule has 0 aliphatic heterocycles. The molecule has 0 aromatic heterocycles. The highest BCUT2D eigenvalue weighted by Gasteiger charge is 2.23. The molecule has 1 nitrogen and oxygen atoms in total. The zero-order valence-corrected chi connectivity index (χ0v) is 9.99. The summed E-state index contributed by atoms with van der Waals surface area (Å²) in [5.41, 5.74) is 6.61. The van der Waals surface area contributed by atoms with Crippen molar-refractivity contribution in [3.05, 3.63) is 33.8 Å². The first-order valence-corrected chi connectivity index (χ1v) is 5.39. The number of nitrogens with two attached hydrogens (primary N) is 1. The van der Waals surface area contributed by atoms with Crippen LogP contribution in [-0.4, -0.2) is 6.54 Å². The fourth-order valence-corrected chi connectivity index (χ4v) is 2.08. The van der Waals surface area contributed by atoms with Crippen LogP contribution in [0.1, 0.15) is 25.8 Å². The van der Waals surface area contributed by atoms with Gasteiger partial charge in [-0.15, -0.1) is 0 Å². The van der Waals surface area contributed by atoms with Gasteiger partial charge in [0.25, 0.3) is 0 Å². The number of rotatable bonds is 3. The Labute approximate surface area is 95.2 Å². The molecule has 1 aromatic carbocycles. The second kappa shape index (κ2) is 4.52. The third-order valence-corrected chi connectivity index (χ3v) is 3.27.